The van der Waals surface area contributed by atoms with E-state index in [-0.39, 0.29) is 11.9 Å². The number of rotatable bonds is 4. The first-order valence-electron chi connectivity index (χ1n) is 8.62. The Labute approximate surface area is 145 Å². The van der Waals surface area contributed by atoms with Crippen LogP contribution in [0.1, 0.15) is 42.5 Å². The second kappa shape index (κ2) is 6.88. The maximum absolute atomic E-state index is 12.2. The predicted molar refractivity (Wildman–Crippen MR) is 95.7 cm³/mol. The standard InChI is InChI=1S/C18H20N6O/c25-17(13-5-4-10-19-11-13)22-18-21-16-9-8-15(12-24(16)23-18)20-14-6-2-1-3-7-14/h4-5,8-12,14,20H,1-3,6-7H2,(H,22,23,25). The number of amides is 1. The van der Waals surface area contributed by atoms with Crippen LogP contribution in [-0.4, -0.2) is 31.5 Å². The molecule has 1 aliphatic rings. The number of aromatic nitrogens is 4. The number of nitrogens with one attached hydrogen (secondary N) is 2. The van der Waals surface area contributed by atoms with E-state index < -0.39 is 0 Å². The summed E-state index contributed by atoms with van der Waals surface area (Å²) in [6.07, 6.45) is 11.4. The van der Waals surface area contributed by atoms with Crippen LogP contribution >= 0.6 is 0 Å². The van der Waals surface area contributed by atoms with Crippen molar-refractivity contribution in [3.05, 3.63) is 48.4 Å². The van der Waals surface area contributed by atoms with Crippen molar-refractivity contribution < 1.29 is 4.79 Å². The second-order valence-electron chi connectivity index (χ2n) is 6.33. The van der Waals surface area contributed by atoms with Crippen LogP contribution in [0.15, 0.2) is 42.9 Å². The first-order chi connectivity index (χ1) is 12.3. The number of hydrogen-bond donors (Lipinski definition) is 2. The molecular formula is C18H20N6O. The highest BCUT2D eigenvalue weighted by Crippen LogP contribution is 2.22. The van der Waals surface area contributed by atoms with Gasteiger partial charge in [0, 0.05) is 18.4 Å². The summed E-state index contributed by atoms with van der Waals surface area (Å²) in [6.45, 7) is 0. The fourth-order valence-electron chi connectivity index (χ4n) is 3.17. The molecule has 0 saturated heterocycles. The molecule has 0 aromatic carbocycles. The van der Waals surface area contributed by atoms with Crippen LogP contribution in [0.25, 0.3) is 5.65 Å². The zero-order valence-electron chi connectivity index (χ0n) is 13.9. The van der Waals surface area contributed by atoms with Gasteiger partial charge in [0.1, 0.15) is 0 Å². The van der Waals surface area contributed by atoms with Gasteiger partial charge in [-0.2, -0.15) is 4.98 Å². The Morgan fingerprint density at radius 3 is 2.84 bits per heavy atom. The molecule has 2 N–H and O–H groups in total. The van der Waals surface area contributed by atoms with Crippen molar-refractivity contribution in [2.24, 2.45) is 0 Å². The first-order valence-corrected chi connectivity index (χ1v) is 8.62. The molecule has 0 radical (unpaired) electrons. The quantitative estimate of drug-likeness (QED) is 0.765. The SMILES string of the molecule is O=C(Nc1nc2ccc(NC3CCCCC3)cn2n1)c1cccnc1. The summed E-state index contributed by atoms with van der Waals surface area (Å²) in [7, 11) is 0. The molecule has 4 rings (SSSR count). The molecule has 128 valence electrons. The summed E-state index contributed by atoms with van der Waals surface area (Å²) in [5, 5.41) is 10.6. The van der Waals surface area contributed by atoms with E-state index in [9.17, 15) is 4.79 Å². The van der Waals surface area contributed by atoms with Crippen LogP contribution in [0.3, 0.4) is 0 Å². The van der Waals surface area contributed by atoms with Gasteiger partial charge in [-0.25, -0.2) is 4.52 Å². The number of carbonyl (C=O) groups is 1. The molecule has 0 unspecified atom stereocenters. The highest BCUT2D eigenvalue weighted by Gasteiger charge is 2.14. The molecule has 7 heteroatoms. The largest absolute Gasteiger partial charge is 0.381 e. The number of nitrogens with zero attached hydrogens (tertiary/aromatic N) is 4. The molecule has 3 aromatic rings. The van der Waals surface area contributed by atoms with Gasteiger partial charge < -0.3 is 5.32 Å². The van der Waals surface area contributed by atoms with Crippen LogP contribution in [0.2, 0.25) is 0 Å². The fraction of sp³-hybridized carbons (Fsp3) is 0.333. The number of fused-ring (bicyclic) bond motifs is 1. The van der Waals surface area contributed by atoms with E-state index >= 15 is 0 Å². The van der Waals surface area contributed by atoms with Crippen LogP contribution in [-0.2, 0) is 0 Å². The van der Waals surface area contributed by atoms with Gasteiger partial charge in [0.2, 0.25) is 5.95 Å². The summed E-state index contributed by atoms with van der Waals surface area (Å²) in [6, 6.07) is 7.85. The molecule has 0 bridgehead atoms. The molecule has 1 fully saturated rings. The maximum Gasteiger partial charge on any atom is 0.259 e. The van der Waals surface area contributed by atoms with Crippen LogP contribution in [0.4, 0.5) is 11.6 Å². The van der Waals surface area contributed by atoms with Crippen molar-refractivity contribution in [3.63, 3.8) is 0 Å². The third kappa shape index (κ3) is 3.60. The normalized spacial score (nSPS) is 15.2. The van der Waals surface area contributed by atoms with Gasteiger partial charge in [0.05, 0.1) is 17.4 Å². The van der Waals surface area contributed by atoms with Crippen molar-refractivity contribution >= 4 is 23.2 Å². The summed E-state index contributed by atoms with van der Waals surface area (Å²) in [5.74, 6) is 0.00762. The lowest BCUT2D eigenvalue weighted by atomic mass is 9.95. The van der Waals surface area contributed by atoms with Gasteiger partial charge >= 0.3 is 0 Å². The van der Waals surface area contributed by atoms with E-state index in [1.54, 1.807) is 22.8 Å². The van der Waals surface area contributed by atoms with Gasteiger partial charge in [-0.3, -0.25) is 15.1 Å². The Morgan fingerprint density at radius 1 is 1.16 bits per heavy atom. The van der Waals surface area contributed by atoms with E-state index in [2.05, 4.69) is 25.7 Å². The van der Waals surface area contributed by atoms with Crippen molar-refractivity contribution in [1.82, 2.24) is 19.6 Å². The molecule has 3 aromatic heterocycles. The van der Waals surface area contributed by atoms with E-state index in [1.165, 1.54) is 38.3 Å². The van der Waals surface area contributed by atoms with Crippen LogP contribution < -0.4 is 10.6 Å². The minimum absolute atomic E-state index is 0.274. The average Bonchev–Trinajstić information content (AvgIpc) is 3.05. The fourth-order valence-corrected chi connectivity index (χ4v) is 3.17. The number of anilines is 2. The van der Waals surface area contributed by atoms with Crippen LogP contribution in [0.5, 0.6) is 0 Å². The van der Waals surface area contributed by atoms with E-state index in [0.29, 0.717) is 17.3 Å². The lowest BCUT2D eigenvalue weighted by Gasteiger charge is -2.23. The van der Waals surface area contributed by atoms with Crippen molar-refractivity contribution in [1.29, 1.82) is 0 Å². The molecule has 1 amide bonds. The minimum atomic E-state index is -0.274. The Kier molecular flexibility index (Phi) is 4.28. The molecule has 0 atom stereocenters. The highest BCUT2D eigenvalue weighted by molar-refractivity contribution is 6.03. The smallest absolute Gasteiger partial charge is 0.259 e. The number of carbonyl (C=O) groups excluding carboxylic acids is 1. The van der Waals surface area contributed by atoms with Gasteiger partial charge in [-0.1, -0.05) is 19.3 Å². The predicted octanol–water partition coefficient (Wildman–Crippen LogP) is 3.12. The number of hydrogen-bond acceptors (Lipinski definition) is 5. The molecular weight excluding hydrogens is 316 g/mol. The third-order valence-electron chi connectivity index (χ3n) is 4.46. The lowest BCUT2D eigenvalue weighted by molar-refractivity contribution is 0.102. The summed E-state index contributed by atoms with van der Waals surface area (Å²) in [4.78, 5) is 20.4. The lowest BCUT2D eigenvalue weighted by Crippen LogP contribution is -2.22. The van der Waals surface area contributed by atoms with Crippen molar-refractivity contribution in [3.8, 4) is 0 Å². The zero-order valence-corrected chi connectivity index (χ0v) is 13.9. The molecule has 0 spiro atoms. The van der Waals surface area contributed by atoms with E-state index in [0.717, 1.165) is 5.69 Å². The summed E-state index contributed by atoms with van der Waals surface area (Å²) in [5.41, 5.74) is 2.19. The molecule has 0 aliphatic heterocycles. The Morgan fingerprint density at radius 2 is 2.04 bits per heavy atom. The van der Waals surface area contributed by atoms with Gasteiger partial charge in [0.25, 0.3) is 5.91 Å². The minimum Gasteiger partial charge on any atom is -0.381 e. The molecule has 25 heavy (non-hydrogen) atoms. The molecule has 1 saturated carbocycles. The average molecular weight is 336 g/mol. The second-order valence-corrected chi connectivity index (χ2v) is 6.33. The highest BCUT2D eigenvalue weighted by atomic mass is 16.1. The maximum atomic E-state index is 12.2. The monoisotopic (exact) mass is 336 g/mol. The van der Waals surface area contributed by atoms with Crippen molar-refractivity contribution in [2.75, 3.05) is 10.6 Å². The zero-order chi connectivity index (χ0) is 17.1. The topological polar surface area (TPSA) is 84.2 Å². The van der Waals surface area contributed by atoms with Crippen molar-refractivity contribution in [2.45, 2.75) is 38.1 Å². The van der Waals surface area contributed by atoms with Crippen LogP contribution in [0, 0.1) is 0 Å². The first kappa shape index (κ1) is 15.6. The third-order valence-corrected chi connectivity index (χ3v) is 4.46. The van der Waals surface area contributed by atoms with Gasteiger partial charge in [-0.05, 0) is 37.1 Å². The molecule has 7 nitrogen and oxygen atoms in total. The van der Waals surface area contributed by atoms with E-state index in [4.69, 9.17) is 0 Å². The number of pyridine rings is 2. The Balaban J connectivity index is 1.49. The Hall–Kier alpha value is -2.96. The summed E-state index contributed by atoms with van der Waals surface area (Å²) < 4.78 is 1.68. The van der Waals surface area contributed by atoms with E-state index in [1.807, 2.05) is 18.3 Å². The van der Waals surface area contributed by atoms with Gasteiger partial charge in [-0.15, -0.1) is 5.10 Å². The van der Waals surface area contributed by atoms with Gasteiger partial charge in [0.15, 0.2) is 5.65 Å². The summed E-state index contributed by atoms with van der Waals surface area (Å²) >= 11 is 0. The Bertz CT molecular complexity index is 870. The molecule has 1 aliphatic carbocycles. The molecule has 3 heterocycles.